The van der Waals surface area contributed by atoms with Crippen LogP contribution < -0.4 is 17.2 Å². The number of cyclic esters (lactones) is 4. The highest BCUT2D eigenvalue weighted by Gasteiger charge is 2.31. The monoisotopic (exact) mass is 1450 g/mol. The summed E-state index contributed by atoms with van der Waals surface area (Å²) in [5.74, 6) is -5.60. The predicted octanol–water partition coefficient (Wildman–Crippen LogP) is 7.01. The zero-order valence-corrected chi connectivity index (χ0v) is 55.4. The molecule has 0 spiro atoms. The molecule has 35 nitrogen and oxygen atoms in total. The number of aliphatic imine (C=N–C) groups is 3. The summed E-state index contributed by atoms with van der Waals surface area (Å²) in [4.78, 5) is 119. The SMILES string of the molecule is N#Cc1ccccc1C#N.N#Cc1cccnc1C#N.N#Cc1ccncc1C#N.N=C1N=C(N)c2ccccc21.N=C1N=C(N)c2cccnc21.N=C1N=C(N)c2ccncc21.O=C(O)c1ccccc1C(=O)O.O=C(O)c1cccnc1C(=O)O.O=C1OC(=O)c2ccccc21.O=C1OC(=O)c2ncccc21. The van der Waals surface area contributed by atoms with Crippen molar-refractivity contribution in [1.29, 1.82) is 47.8 Å². The third-order valence-corrected chi connectivity index (χ3v) is 13.7. The minimum absolute atomic E-state index is 0.109. The Hall–Kier alpha value is -17.7. The molecular formula is C74H47N21O14. The van der Waals surface area contributed by atoms with Crippen molar-refractivity contribution in [2.75, 3.05) is 0 Å². The fourth-order valence-electron chi connectivity index (χ4n) is 8.64. The van der Waals surface area contributed by atoms with Gasteiger partial charge in [0.1, 0.15) is 59.6 Å². The van der Waals surface area contributed by atoms with E-state index in [2.05, 4.69) is 54.4 Å². The molecule has 0 saturated heterocycles. The molecule has 15 rings (SSSR count). The molecule has 0 amide bonds. The molecule has 0 fully saturated rings. The molecule has 11 heterocycles. The van der Waals surface area contributed by atoms with Gasteiger partial charge in [-0.15, -0.1) is 0 Å². The first-order valence-electron chi connectivity index (χ1n) is 30.1. The summed E-state index contributed by atoms with van der Waals surface area (Å²) < 4.78 is 8.65. The standard InChI is InChI=1S/C8H7N3.C8H4N2.C8H6O4.C8H4O3.2C7H6N4.2C7H3N3.C7H5NO4.C7H3NO3/c9-7-5-3-1-2-4-6(5)8(10)11-7;9-5-7-3-1-2-4-8(7)6-10;9-7(10)5-3-1-2-4-6(5)8(11)12;9-7-5-3-1-2-4-6(5)8(10)11-7;8-6-4-1-2-10-3-5(4)7(9)11-6;8-6-4-2-1-3-10-5(4)7(9)11-6;8-3-6-1-2-10-5-7(6)4-9;8-4-6-2-1-3-10-7(6)5-9;9-6(10)4-2-1-3-8-5(4)7(11)12;9-6-4-2-1-3-8-5(4)7(10)11-6/h1-4H,(H3,9,10,11);1-4H;1-4H,(H,9,10)(H,11,12);1-4H;2*1-3H,(H3,8,9,11);1-2,5H;1-3H;1-3H,(H,9,10)(H,11,12);1-3H. The minimum atomic E-state index is -1.34. The van der Waals surface area contributed by atoms with Crippen molar-refractivity contribution in [3.8, 4) is 36.4 Å². The Labute approximate surface area is 613 Å². The number of nitrogens with one attached hydrogen (secondary N) is 3. The van der Waals surface area contributed by atoms with Gasteiger partial charge in [-0.25, -0.2) is 68.3 Å². The molecule has 0 unspecified atom stereocenters. The summed E-state index contributed by atoms with van der Waals surface area (Å²) in [5.41, 5.74) is 23.2. The van der Waals surface area contributed by atoms with Crippen LogP contribution in [0, 0.1) is 84.2 Å². The number of nitrogens with two attached hydrogens (primary N) is 3. The number of aromatic carboxylic acids is 4. The molecule has 109 heavy (non-hydrogen) atoms. The number of ether oxygens (including phenoxy) is 2. The molecule has 0 bridgehead atoms. The fraction of sp³-hybridized carbons (Fsp3) is 0. The van der Waals surface area contributed by atoms with Crippen molar-refractivity contribution in [2.24, 2.45) is 32.2 Å². The van der Waals surface area contributed by atoms with E-state index in [1.165, 1.54) is 79.5 Å². The van der Waals surface area contributed by atoms with Gasteiger partial charge in [0.2, 0.25) is 0 Å². The zero-order chi connectivity index (χ0) is 79.7. The number of aromatic nitrogens is 6. The maximum absolute atomic E-state index is 10.8. The molecule has 10 aromatic rings. The number of nitriles is 6. The van der Waals surface area contributed by atoms with Crippen LogP contribution in [0.4, 0.5) is 0 Å². The molecule has 0 saturated carbocycles. The molecule has 5 aliphatic heterocycles. The highest BCUT2D eigenvalue weighted by molar-refractivity contribution is 6.22. The molecule has 35 heteroatoms. The van der Waals surface area contributed by atoms with E-state index in [1.807, 2.05) is 66.7 Å². The maximum atomic E-state index is 10.8. The molecule has 0 atom stereocenters. The van der Waals surface area contributed by atoms with Crippen LogP contribution in [0.3, 0.4) is 0 Å². The van der Waals surface area contributed by atoms with E-state index in [4.69, 9.17) is 85.4 Å². The molecule has 5 aliphatic rings. The molecule has 4 aromatic carbocycles. The number of carboxylic acids is 4. The number of amidine groups is 6. The van der Waals surface area contributed by atoms with Gasteiger partial charge in [0.05, 0.1) is 61.2 Å². The second kappa shape index (κ2) is 39.3. The number of hydrogen-bond donors (Lipinski definition) is 10. The van der Waals surface area contributed by atoms with Crippen LogP contribution in [-0.4, -0.2) is 133 Å². The number of carbonyl (C=O) groups excluding carboxylic acids is 4. The number of carboxylic acid groups (broad SMARTS) is 4. The van der Waals surface area contributed by atoms with Crippen LogP contribution in [0.25, 0.3) is 0 Å². The number of esters is 4. The number of carbonyl (C=O) groups is 8. The quantitative estimate of drug-likeness (QED) is 0.0625. The van der Waals surface area contributed by atoms with E-state index in [0.717, 1.165) is 22.3 Å². The van der Waals surface area contributed by atoms with Crippen molar-refractivity contribution < 1.29 is 68.3 Å². The van der Waals surface area contributed by atoms with E-state index in [0.29, 0.717) is 67.7 Å². The lowest BCUT2D eigenvalue weighted by Gasteiger charge is -1.98. The summed E-state index contributed by atoms with van der Waals surface area (Å²) in [6.07, 6.45) is 11.9. The topological polar surface area (TPSA) is 643 Å². The zero-order valence-electron chi connectivity index (χ0n) is 55.4. The predicted molar refractivity (Wildman–Crippen MR) is 379 cm³/mol. The van der Waals surface area contributed by atoms with E-state index in [9.17, 15) is 38.4 Å². The first-order chi connectivity index (χ1) is 52.3. The third kappa shape index (κ3) is 21.7. The Morgan fingerprint density at radius 3 is 1.18 bits per heavy atom. The Kier molecular flexibility index (Phi) is 29.0. The average Bonchev–Trinajstić information content (AvgIpc) is 1.71. The van der Waals surface area contributed by atoms with Crippen LogP contribution in [0.2, 0.25) is 0 Å². The van der Waals surface area contributed by atoms with Gasteiger partial charge in [-0.05, 0) is 97.1 Å². The van der Waals surface area contributed by atoms with Crippen LogP contribution in [-0.2, 0) is 9.47 Å². The molecule has 6 aromatic heterocycles. The van der Waals surface area contributed by atoms with Gasteiger partial charge < -0.3 is 47.1 Å². The van der Waals surface area contributed by atoms with Crippen molar-refractivity contribution in [3.05, 3.63) is 319 Å². The van der Waals surface area contributed by atoms with Crippen molar-refractivity contribution in [1.82, 2.24) is 29.9 Å². The second-order valence-corrected chi connectivity index (χ2v) is 20.4. The van der Waals surface area contributed by atoms with Crippen LogP contribution in [0.1, 0.15) is 150 Å². The molecule has 0 radical (unpaired) electrons. The third-order valence-electron chi connectivity index (χ3n) is 13.7. The van der Waals surface area contributed by atoms with Gasteiger partial charge in [-0.1, -0.05) is 60.7 Å². The Balaban J connectivity index is 0.000000189. The number of rotatable bonds is 4. The number of hydrogen-bond acceptors (Lipinski definition) is 28. The fourth-order valence-corrected chi connectivity index (χ4v) is 8.64. The average molecular weight is 1450 g/mol. The highest BCUT2D eigenvalue weighted by atomic mass is 16.6. The van der Waals surface area contributed by atoms with Crippen molar-refractivity contribution in [2.45, 2.75) is 0 Å². The summed E-state index contributed by atoms with van der Waals surface area (Å²) in [6, 6.07) is 53.2. The summed E-state index contributed by atoms with van der Waals surface area (Å²) in [6.45, 7) is 0. The van der Waals surface area contributed by atoms with E-state index in [-0.39, 0.29) is 51.1 Å². The smallest absolute Gasteiger partial charge is 0.365 e. The van der Waals surface area contributed by atoms with Crippen molar-refractivity contribution >= 4 is 82.8 Å². The molecule has 532 valence electrons. The number of fused-ring (bicyclic) bond motifs is 5. The lowest BCUT2D eigenvalue weighted by molar-refractivity contribution is 0.0424. The van der Waals surface area contributed by atoms with Gasteiger partial charge in [0.15, 0.2) is 34.6 Å². The van der Waals surface area contributed by atoms with Crippen LogP contribution in [0.5, 0.6) is 0 Å². The Bertz CT molecular complexity index is 4960. The largest absolute Gasteiger partial charge is 0.478 e. The lowest BCUT2D eigenvalue weighted by atomic mass is 10.1. The summed E-state index contributed by atoms with van der Waals surface area (Å²) >= 11 is 0. The molecule has 13 N–H and O–H groups in total. The lowest BCUT2D eigenvalue weighted by Crippen LogP contribution is -2.10. The van der Waals surface area contributed by atoms with E-state index < -0.39 is 53.4 Å². The van der Waals surface area contributed by atoms with Crippen LogP contribution >= 0.6 is 0 Å². The number of benzene rings is 4. The second-order valence-electron chi connectivity index (χ2n) is 20.4. The number of pyridine rings is 6. The first kappa shape index (κ1) is 80.3. The van der Waals surface area contributed by atoms with Gasteiger partial charge in [0, 0.05) is 77.4 Å². The molecule has 0 aliphatic carbocycles. The van der Waals surface area contributed by atoms with Gasteiger partial charge in [0.25, 0.3) is 0 Å². The van der Waals surface area contributed by atoms with Gasteiger partial charge >= 0.3 is 47.8 Å². The Morgan fingerprint density at radius 2 is 0.706 bits per heavy atom. The van der Waals surface area contributed by atoms with E-state index in [1.54, 1.807) is 97.5 Å². The minimum Gasteiger partial charge on any atom is -0.478 e. The first-order valence-corrected chi connectivity index (χ1v) is 30.1. The summed E-state index contributed by atoms with van der Waals surface area (Å²) in [5, 5.41) is 107. The highest BCUT2D eigenvalue weighted by Crippen LogP contribution is 2.21. The van der Waals surface area contributed by atoms with Crippen LogP contribution in [0.15, 0.2) is 222 Å². The molecular weight excluding hydrogens is 1410 g/mol. The van der Waals surface area contributed by atoms with Gasteiger partial charge in [-0.2, -0.15) is 31.6 Å². The normalized spacial score (nSPS) is 11.5. The Morgan fingerprint density at radius 1 is 0.330 bits per heavy atom. The van der Waals surface area contributed by atoms with Gasteiger partial charge in [-0.3, -0.25) is 31.2 Å². The maximum Gasteiger partial charge on any atom is 0.365 e. The summed E-state index contributed by atoms with van der Waals surface area (Å²) in [7, 11) is 0. The van der Waals surface area contributed by atoms with E-state index >= 15 is 0 Å². The number of nitrogens with zero attached hydrogens (tertiary/aromatic N) is 15. The van der Waals surface area contributed by atoms with Crippen molar-refractivity contribution in [3.63, 3.8) is 0 Å².